The van der Waals surface area contributed by atoms with Gasteiger partial charge in [0, 0.05) is 18.7 Å². The molecule has 3 nitrogen and oxygen atoms in total. The van der Waals surface area contributed by atoms with Crippen LogP contribution in [0.2, 0.25) is 0 Å². The van der Waals surface area contributed by atoms with Gasteiger partial charge in [-0.2, -0.15) is 0 Å². The van der Waals surface area contributed by atoms with E-state index in [1.807, 2.05) is 6.92 Å². The molecular formula is C15H24ClNO2. The molecule has 0 bridgehead atoms. The molecule has 0 aliphatic heterocycles. The maximum absolute atomic E-state index is 5.86. The van der Waals surface area contributed by atoms with E-state index in [2.05, 4.69) is 18.2 Å². The molecule has 0 saturated heterocycles. The summed E-state index contributed by atoms with van der Waals surface area (Å²) in [5.74, 6) is 1.72. The molecule has 0 radical (unpaired) electrons. The van der Waals surface area contributed by atoms with Crippen LogP contribution in [0, 0.1) is 5.92 Å². The molecule has 1 aliphatic carbocycles. The zero-order valence-corrected chi connectivity index (χ0v) is 12.5. The summed E-state index contributed by atoms with van der Waals surface area (Å²) in [6, 6.07) is 6.48. The molecule has 108 valence electrons. The third kappa shape index (κ3) is 5.39. The fraction of sp³-hybridized carbons (Fsp3) is 0.600. The number of benzene rings is 1. The van der Waals surface area contributed by atoms with Gasteiger partial charge in [-0.05, 0) is 49.8 Å². The molecule has 4 heteroatoms. The van der Waals surface area contributed by atoms with Crippen LogP contribution in [-0.2, 0) is 17.8 Å². The van der Waals surface area contributed by atoms with Crippen molar-refractivity contribution < 1.29 is 9.47 Å². The van der Waals surface area contributed by atoms with E-state index in [9.17, 15) is 0 Å². The van der Waals surface area contributed by atoms with Crippen molar-refractivity contribution in [2.75, 3.05) is 13.7 Å². The molecule has 1 atom stereocenters. The quantitative estimate of drug-likeness (QED) is 0.838. The van der Waals surface area contributed by atoms with Gasteiger partial charge in [0.2, 0.25) is 0 Å². The Hall–Kier alpha value is -0.770. The second-order valence-corrected chi connectivity index (χ2v) is 5.31. The first kappa shape index (κ1) is 16.3. The lowest BCUT2D eigenvalue weighted by molar-refractivity contribution is 0.179. The average Bonchev–Trinajstić information content (AvgIpc) is 3.11. The zero-order chi connectivity index (χ0) is 13.0. The Morgan fingerprint density at radius 1 is 1.37 bits per heavy atom. The zero-order valence-electron chi connectivity index (χ0n) is 11.7. The first-order valence-corrected chi connectivity index (χ1v) is 6.68. The lowest BCUT2D eigenvalue weighted by atomic mass is 10.0. The predicted molar refractivity (Wildman–Crippen MR) is 80.0 cm³/mol. The second-order valence-electron chi connectivity index (χ2n) is 5.31. The third-order valence-electron chi connectivity index (χ3n) is 3.15. The van der Waals surface area contributed by atoms with Crippen LogP contribution in [0.3, 0.4) is 0 Å². The SMILES string of the molecule is COCc1cc(CC(C)N)ccc1OCC1CC1.Cl. The van der Waals surface area contributed by atoms with Gasteiger partial charge in [-0.1, -0.05) is 6.07 Å². The minimum atomic E-state index is 0. The van der Waals surface area contributed by atoms with E-state index in [1.54, 1.807) is 7.11 Å². The molecule has 2 N–H and O–H groups in total. The van der Waals surface area contributed by atoms with Crippen molar-refractivity contribution in [1.29, 1.82) is 0 Å². The highest BCUT2D eigenvalue weighted by atomic mass is 35.5. The van der Waals surface area contributed by atoms with Crippen LogP contribution in [0.25, 0.3) is 0 Å². The van der Waals surface area contributed by atoms with Crippen LogP contribution in [-0.4, -0.2) is 19.8 Å². The molecular weight excluding hydrogens is 262 g/mol. The number of hydrogen-bond donors (Lipinski definition) is 1. The maximum atomic E-state index is 5.86. The molecule has 0 heterocycles. The van der Waals surface area contributed by atoms with Crippen LogP contribution >= 0.6 is 12.4 Å². The van der Waals surface area contributed by atoms with E-state index in [0.717, 1.165) is 30.3 Å². The van der Waals surface area contributed by atoms with E-state index in [-0.39, 0.29) is 18.4 Å². The molecule has 19 heavy (non-hydrogen) atoms. The number of methoxy groups -OCH3 is 1. The minimum Gasteiger partial charge on any atom is -0.493 e. The standard InChI is InChI=1S/C15H23NO2.ClH/c1-11(16)7-13-5-6-15(14(8-13)10-17-2)18-9-12-3-4-12;/h5-6,8,11-12H,3-4,7,9-10,16H2,1-2H3;1H. The van der Waals surface area contributed by atoms with Crippen molar-refractivity contribution in [2.45, 2.75) is 38.8 Å². The highest BCUT2D eigenvalue weighted by molar-refractivity contribution is 5.85. The number of ether oxygens (including phenoxy) is 2. The molecule has 1 aromatic rings. The summed E-state index contributed by atoms with van der Waals surface area (Å²) in [5.41, 5.74) is 8.20. The maximum Gasteiger partial charge on any atom is 0.124 e. The Morgan fingerprint density at radius 2 is 2.11 bits per heavy atom. The molecule has 0 amide bonds. The van der Waals surface area contributed by atoms with Gasteiger partial charge < -0.3 is 15.2 Å². The Balaban J connectivity index is 0.00000180. The molecule has 1 aromatic carbocycles. The van der Waals surface area contributed by atoms with E-state index < -0.39 is 0 Å². The van der Waals surface area contributed by atoms with E-state index in [4.69, 9.17) is 15.2 Å². The molecule has 2 rings (SSSR count). The van der Waals surface area contributed by atoms with E-state index in [1.165, 1.54) is 18.4 Å². The number of hydrogen-bond acceptors (Lipinski definition) is 3. The van der Waals surface area contributed by atoms with Gasteiger partial charge in [-0.15, -0.1) is 12.4 Å². The van der Waals surface area contributed by atoms with Gasteiger partial charge in [-0.3, -0.25) is 0 Å². The van der Waals surface area contributed by atoms with Crippen LogP contribution in [0.15, 0.2) is 18.2 Å². The van der Waals surface area contributed by atoms with Crippen LogP contribution < -0.4 is 10.5 Å². The number of rotatable bonds is 7. The molecule has 1 fully saturated rings. The van der Waals surface area contributed by atoms with E-state index in [0.29, 0.717) is 6.61 Å². The molecule has 0 spiro atoms. The van der Waals surface area contributed by atoms with Crippen molar-refractivity contribution in [2.24, 2.45) is 11.7 Å². The second kappa shape index (κ2) is 7.73. The van der Waals surface area contributed by atoms with Crippen LogP contribution in [0.4, 0.5) is 0 Å². The topological polar surface area (TPSA) is 44.5 Å². The molecule has 1 saturated carbocycles. The van der Waals surface area contributed by atoms with Gasteiger partial charge in [0.25, 0.3) is 0 Å². The number of nitrogens with two attached hydrogens (primary N) is 1. The minimum absolute atomic E-state index is 0. The fourth-order valence-electron chi connectivity index (χ4n) is 2.03. The highest BCUT2D eigenvalue weighted by Crippen LogP contribution is 2.30. The lowest BCUT2D eigenvalue weighted by Crippen LogP contribution is -2.17. The van der Waals surface area contributed by atoms with Crippen molar-refractivity contribution >= 4 is 12.4 Å². The third-order valence-corrected chi connectivity index (χ3v) is 3.15. The highest BCUT2D eigenvalue weighted by Gasteiger charge is 2.22. The molecule has 0 aromatic heterocycles. The predicted octanol–water partition coefficient (Wildman–Crippen LogP) is 2.93. The number of halogens is 1. The molecule has 1 unspecified atom stereocenters. The monoisotopic (exact) mass is 285 g/mol. The average molecular weight is 286 g/mol. The normalized spacial score (nSPS) is 15.7. The van der Waals surface area contributed by atoms with E-state index >= 15 is 0 Å². The van der Waals surface area contributed by atoms with Crippen molar-refractivity contribution in [3.8, 4) is 5.75 Å². The summed E-state index contributed by atoms with van der Waals surface area (Å²) < 4.78 is 11.1. The lowest BCUT2D eigenvalue weighted by Gasteiger charge is -2.13. The first-order chi connectivity index (χ1) is 8.69. The molecule has 1 aliphatic rings. The summed E-state index contributed by atoms with van der Waals surface area (Å²) >= 11 is 0. The van der Waals surface area contributed by atoms with Gasteiger partial charge in [0.05, 0.1) is 13.2 Å². The van der Waals surface area contributed by atoms with Crippen molar-refractivity contribution in [3.05, 3.63) is 29.3 Å². The first-order valence-electron chi connectivity index (χ1n) is 6.68. The van der Waals surface area contributed by atoms with Gasteiger partial charge in [-0.25, -0.2) is 0 Å². The van der Waals surface area contributed by atoms with Gasteiger partial charge in [0.15, 0.2) is 0 Å². The Bertz CT molecular complexity index is 392. The Labute approximate surface area is 121 Å². The summed E-state index contributed by atoms with van der Waals surface area (Å²) in [4.78, 5) is 0. The van der Waals surface area contributed by atoms with Crippen LogP contribution in [0.5, 0.6) is 5.75 Å². The summed E-state index contributed by atoms with van der Waals surface area (Å²) in [7, 11) is 1.71. The van der Waals surface area contributed by atoms with Crippen molar-refractivity contribution in [1.82, 2.24) is 0 Å². The summed E-state index contributed by atoms with van der Waals surface area (Å²) in [5, 5.41) is 0. The van der Waals surface area contributed by atoms with Crippen LogP contribution in [0.1, 0.15) is 30.9 Å². The smallest absolute Gasteiger partial charge is 0.124 e. The Kier molecular flexibility index (Phi) is 6.63. The van der Waals surface area contributed by atoms with Gasteiger partial charge in [0.1, 0.15) is 5.75 Å². The Morgan fingerprint density at radius 3 is 2.68 bits per heavy atom. The largest absolute Gasteiger partial charge is 0.493 e. The summed E-state index contributed by atoms with van der Waals surface area (Å²) in [6.45, 7) is 3.45. The summed E-state index contributed by atoms with van der Waals surface area (Å²) in [6.07, 6.45) is 3.50. The fourth-order valence-corrected chi connectivity index (χ4v) is 2.03. The van der Waals surface area contributed by atoms with Crippen molar-refractivity contribution in [3.63, 3.8) is 0 Å². The van der Waals surface area contributed by atoms with Gasteiger partial charge >= 0.3 is 0 Å².